The number of ether oxygens (including phenoxy) is 1. The van der Waals surface area contributed by atoms with E-state index in [0.29, 0.717) is 46.5 Å². The highest BCUT2D eigenvalue weighted by Gasteiger charge is 2.37. The van der Waals surface area contributed by atoms with Crippen molar-refractivity contribution in [3.05, 3.63) is 87.8 Å². The summed E-state index contributed by atoms with van der Waals surface area (Å²) in [6, 6.07) is 18.7. The first kappa shape index (κ1) is 24.8. The van der Waals surface area contributed by atoms with E-state index in [9.17, 15) is 14.4 Å². The van der Waals surface area contributed by atoms with Gasteiger partial charge in [-0.2, -0.15) is 0 Å². The van der Waals surface area contributed by atoms with Crippen molar-refractivity contribution in [2.45, 2.75) is 53.6 Å². The van der Waals surface area contributed by atoms with E-state index < -0.39 is 0 Å². The van der Waals surface area contributed by atoms with E-state index in [1.807, 2.05) is 36.4 Å². The third-order valence-electron chi connectivity index (χ3n) is 6.76. The molecule has 0 unspecified atom stereocenters. The zero-order valence-corrected chi connectivity index (χ0v) is 21.8. The second-order valence-electron chi connectivity index (χ2n) is 10.9. The van der Waals surface area contributed by atoms with Crippen LogP contribution in [-0.2, 0) is 13.1 Å². The molecule has 0 N–H and O–H groups in total. The number of pyridine rings is 1. The summed E-state index contributed by atoms with van der Waals surface area (Å²) in [4.78, 5) is 41.8. The van der Waals surface area contributed by atoms with E-state index in [-0.39, 0.29) is 29.3 Å². The molecule has 1 aromatic heterocycles. The van der Waals surface area contributed by atoms with Crippen LogP contribution in [0, 0.1) is 5.41 Å². The van der Waals surface area contributed by atoms with E-state index in [4.69, 9.17) is 4.74 Å². The molecule has 37 heavy (non-hydrogen) atoms. The topological polar surface area (TPSA) is 68.6 Å². The first-order valence-corrected chi connectivity index (χ1v) is 12.9. The summed E-state index contributed by atoms with van der Waals surface area (Å²) in [6.07, 6.45) is 1.80. The van der Waals surface area contributed by atoms with Crippen molar-refractivity contribution >= 4 is 33.4 Å². The van der Waals surface area contributed by atoms with E-state index >= 15 is 0 Å². The molecule has 0 atom stereocenters. The Bertz CT molecular complexity index is 1560. The molecule has 0 saturated carbocycles. The lowest BCUT2D eigenvalue weighted by atomic mass is 9.95. The molecule has 3 aromatic carbocycles. The fourth-order valence-electron chi connectivity index (χ4n) is 4.96. The second kappa shape index (κ2) is 9.51. The monoisotopic (exact) mass is 496 g/mol. The number of aromatic nitrogens is 1. The Morgan fingerprint density at radius 1 is 0.811 bits per heavy atom. The summed E-state index contributed by atoms with van der Waals surface area (Å²) in [5.41, 5.74) is 0.944. The third kappa shape index (κ3) is 4.52. The Hall–Kier alpha value is -3.93. The van der Waals surface area contributed by atoms with Gasteiger partial charge in [0.05, 0.1) is 35.4 Å². The number of unbranched alkanes of at least 4 members (excludes halogenated alkanes) is 1. The molecule has 2 amide bonds. The highest BCUT2D eigenvalue weighted by atomic mass is 16.5. The van der Waals surface area contributed by atoms with Crippen LogP contribution in [0.15, 0.2) is 65.5 Å². The minimum atomic E-state index is -0.353. The molecule has 4 aromatic rings. The second-order valence-corrected chi connectivity index (χ2v) is 10.9. The number of fused-ring (bicyclic) bond motifs is 3. The summed E-state index contributed by atoms with van der Waals surface area (Å²) in [5, 5.41) is 3.24. The smallest absolute Gasteiger partial charge is 0.261 e. The lowest BCUT2D eigenvalue weighted by Crippen LogP contribution is -2.36. The lowest BCUT2D eigenvalue weighted by molar-refractivity contribution is 0.0636. The third-order valence-corrected chi connectivity index (χ3v) is 6.76. The fourth-order valence-corrected chi connectivity index (χ4v) is 4.96. The van der Waals surface area contributed by atoms with Gasteiger partial charge in [0.15, 0.2) is 0 Å². The van der Waals surface area contributed by atoms with Gasteiger partial charge in [-0.3, -0.25) is 19.3 Å². The van der Waals surface area contributed by atoms with Crippen molar-refractivity contribution in [2.75, 3.05) is 6.61 Å². The Morgan fingerprint density at radius 2 is 1.38 bits per heavy atom. The summed E-state index contributed by atoms with van der Waals surface area (Å²) >= 11 is 0. The molecule has 0 aliphatic carbocycles. The fraction of sp³-hybridized carbons (Fsp3) is 0.323. The van der Waals surface area contributed by atoms with Gasteiger partial charge in [-0.1, -0.05) is 70.5 Å². The average Bonchev–Trinajstić information content (AvgIpc) is 3.11. The molecule has 0 bridgehead atoms. The van der Waals surface area contributed by atoms with Crippen molar-refractivity contribution in [1.29, 1.82) is 0 Å². The maximum atomic E-state index is 14.0. The van der Waals surface area contributed by atoms with Crippen LogP contribution in [0.25, 0.3) is 21.5 Å². The van der Waals surface area contributed by atoms with Crippen LogP contribution >= 0.6 is 0 Å². The van der Waals surface area contributed by atoms with Gasteiger partial charge in [0.25, 0.3) is 17.4 Å². The summed E-state index contributed by atoms with van der Waals surface area (Å²) < 4.78 is 8.11. The molecule has 2 heterocycles. The normalized spacial score (nSPS) is 13.6. The van der Waals surface area contributed by atoms with Crippen LogP contribution in [-0.4, -0.2) is 27.9 Å². The van der Waals surface area contributed by atoms with Crippen LogP contribution in [0.1, 0.15) is 66.9 Å². The lowest BCUT2D eigenvalue weighted by Gasteiger charge is -2.27. The van der Waals surface area contributed by atoms with Gasteiger partial charge in [0.1, 0.15) is 5.75 Å². The molecule has 0 radical (unpaired) electrons. The molecule has 6 heteroatoms. The number of nitrogens with zero attached hydrogens (tertiary/aromatic N) is 2. The summed E-state index contributed by atoms with van der Waals surface area (Å²) in [7, 11) is 0. The molecule has 6 nitrogen and oxygen atoms in total. The van der Waals surface area contributed by atoms with Crippen LogP contribution < -0.4 is 10.3 Å². The van der Waals surface area contributed by atoms with E-state index in [2.05, 4.69) is 27.7 Å². The largest absolute Gasteiger partial charge is 0.491 e. The SMILES string of the molecule is CCCCOc1c(CN2C(=O)c3ccccc3C2=O)n(CC(C)(C)C)c(=O)c2cc3ccccc3cc12. The first-order chi connectivity index (χ1) is 17.7. The average molecular weight is 497 g/mol. The first-order valence-electron chi connectivity index (χ1n) is 12.9. The van der Waals surface area contributed by atoms with Gasteiger partial charge in [0.2, 0.25) is 0 Å². The number of carbonyl (C=O) groups is 2. The maximum Gasteiger partial charge on any atom is 0.261 e. The Morgan fingerprint density at radius 3 is 1.95 bits per heavy atom. The van der Waals surface area contributed by atoms with Crippen molar-refractivity contribution in [3.8, 4) is 5.75 Å². The highest BCUT2D eigenvalue weighted by Crippen LogP contribution is 2.35. The predicted octanol–water partition coefficient (Wildman–Crippen LogP) is 6.18. The van der Waals surface area contributed by atoms with Crippen molar-refractivity contribution < 1.29 is 14.3 Å². The number of benzene rings is 3. The van der Waals surface area contributed by atoms with Crippen molar-refractivity contribution in [1.82, 2.24) is 9.47 Å². The quantitative estimate of drug-likeness (QED) is 0.174. The van der Waals surface area contributed by atoms with E-state index in [0.717, 1.165) is 23.6 Å². The number of hydrogen-bond donors (Lipinski definition) is 0. The number of carbonyl (C=O) groups excluding carboxylic acids is 2. The number of imide groups is 1. The van der Waals surface area contributed by atoms with E-state index in [1.54, 1.807) is 28.8 Å². The van der Waals surface area contributed by atoms with Gasteiger partial charge >= 0.3 is 0 Å². The number of hydrogen-bond acceptors (Lipinski definition) is 4. The predicted molar refractivity (Wildman–Crippen MR) is 146 cm³/mol. The van der Waals surface area contributed by atoms with Crippen LogP contribution in [0.3, 0.4) is 0 Å². The molecular weight excluding hydrogens is 464 g/mol. The zero-order valence-electron chi connectivity index (χ0n) is 21.8. The molecule has 0 saturated heterocycles. The Balaban J connectivity index is 1.76. The summed E-state index contributed by atoms with van der Waals surface area (Å²) in [6.45, 7) is 9.13. The molecule has 0 spiro atoms. The molecule has 5 rings (SSSR count). The number of rotatable bonds is 7. The number of amides is 2. The minimum Gasteiger partial charge on any atom is -0.491 e. The van der Waals surface area contributed by atoms with Gasteiger partial charge in [-0.15, -0.1) is 0 Å². The zero-order chi connectivity index (χ0) is 26.3. The van der Waals surface area contributed by atoms with Gasteiger partial charge in [-0.05, 0) is 46.9 Å². The van der Waals surface area contributed by atoms with Crippen LogP contribution in [0.5, 0.6) is 5.75 Å². The maximum absolute atomic E-state index is 14.0. The van der Waals surface area contributed by atoms with E-state index in [1.165, 1.54) is 4.90 Å². The molecular formula is C31H32N2O4. The van der Waals surface area contributed by atoms with Gasteiger partial charge in [-0.25, -0.2) is 0 Å². The minimum absolute atomic E-state index is 0.0398. The standard InChI is InChI=1S/C31H32N2O4/c1-5-6-15-37-27-24-16-20-11-7-8-12-21(20)17-25(24)30(36)33(19-31(2,3)4)26(27)18-32-28(34)22-13-9-10-14-23(22)29(32)35/h7-14,16-17H,5-6,15,18-19H2,1-4H3. The van der Waals surface area contributed by atoms with Crippen molar-refractivity contribution in [3.63, 3.8) is 0 Å². The van der Waals surface area contributed by atoms with Crippen molar-refractivity contribution in [2.24, 2.45) is 5.41 Å². The van der Waals surface area contributed by atoms with Crippen LogP contribution in [0.4, 0.5) is 0 Å². The molecule has 190 valence electrons. The van der Waals surface area contributed by atoms with Gasteiger partial charge in [0, 0.05) is 11.9 Å². The molecule has 0 fully saturated rings. The molecule has 1 aliphatic rings. The highest BCUT2D eigenvalue weighted by molar-refractivity contribution is 6.21. The van der Waals surface area contributed by atoms with Gasteiger partial charge < -0.3 is 9.30 Å². The summed E-state index contributed by atoms with van der Waals surface area (Å²) in [5.74, 6) is -0.142. The van der Waals surface area contributed by atoms with Crippen LogP contribution in [0.2, 0.25) is 0 Å². The Kier molecular flexibility index (Phi) is 6.36. The molecule has 1 aliphatic heterocycles. The Labute approximate surface area is 216 Å².